The molecule has 3 heterocycles. The Morgan fingerprint density at radius 2 is 2.06 bits per heavy atom. The molecule has 0 aliphatic carbocycles. The van der Waals surface area contributed by atoms with Crippen LogP contribution in [0, 0.1) is 13.8 Å². The molecule has 0 aliphatic rings. The van der Waals surface area contributed by atoms with Crippen LogP contribution in [0.2, 0.25) is 0 Å². The molecule has 3 aromatic heterocycles. The summed E-state index contributed by atoms with van der Waals surface area (Å²) in [4.78, 5) is 9.56. The molecule has 0 unspecified atom stereocenters. The second-order valence-corrected chi connectivity index (χ2v) is 4.83. The maximum Gasteiger partial charge on any atom is 0.241 e. The SMILES string of the molecule is Cc1ccc2oc(-c3scc(C)c3N)nc2n1. The van der Waals surface area contributed by atoms with Gasteiger partial charge in [0.05, 0.1) is 5.69 Å². The predicted octanol–water partition coefficient (Wildman–Crippen LogP) is 3.15. The Morgan fingerprint density at radius 1 is 1.24 bits per heavy atom. The fourth-order valence-electron chi connectivity index (χ4n) is 1.63. The number of aryl methyl sites for hydroxylation is 2. The van der Waals surface area contributed by atoms with Crippen molar-refractivity contribution in [3.05, 3.63) is 28.8 Å². The van der Waals surface area contributed by atoms with Gasteiger partial charge in [0.25, 0.3) is 0 Å². The fraction of sp³-hybridized carbons (Fsp3) is 0.167. The maximum atomic E-state index is 5.98. The number of rotatable bonds is 1. The number of aromatic nitrogens is 2. The van der Waals surface area contributed by atoms with Crippen molar-refractivity contribution in [3.63, 3.8) is 0 Å². The van der Waals surface area contributed by atoms with E-state index in [1.807, 2.05) is 31.4 Å². The first-order valence-corrected chi connectivity index (χ1v) is 6.11. The molecule has 0 aromatic carbocycles. The van der Waals surface area contributed by atoms with Gasteiger partial charge in [0.2, 0.25) is 5.89 Å². The quantitative estimate of drug-likeness (QED) is 0.715. The van der Waals surface area contributed by atoms with Crippen molar-refractivity contribution < 1.29 is 4.42 Å². The van der Waals surface area contributed by atoms with Crippen molar-refractivity contribution in [3.8, 4) is 10.8 Å². The van der Waals surface area contributed by atoms with Gasteiger partial charge in [-0.05, 0) is 36.9 Å². The largest absolute Gasteiger partial charge is 0.433 e. The Labute approximate surface area is 102 Å². The molecule has 0 aliphatic heterocycles. The third-order valence-electron chi connectivity index (χ3n) is 2.61. The number of hydrogen-bond donors (Lipinski definition) is 1. The molecule has 0 saturated heterocycles. The monoisotopic (exact) mass is 245 g/mol. The first kappa shape index (κ1) is 10.3. The zero-order valence-electron chi connectivity index (χ0n) is 9.52. The lowest BCUT2D eigenvalue weighted by molar-refractivity contribution is 0.621. The van der Waals surface area contributed by atoms with Crippen LogP contribution in [-0.2, 0) is 0 Å². The molecule has 0 bridgehead atoms. The van der Waals surface area contributed by atoms with Gasteiger partial charge in [-0.3, -0.25) is 0 Å². The summed E-state index contributed by atoms with van der Waals surface area (Å²) < 4.78 is 5.66. The predicted molar refractivity (Wildman–Crippen MR) is 69.0 cm³/mol. The zero-order chi connectivity index (χ0) is 12.0. The standard InChI is InChI=1S/C12H11N3OS/c1-6-5-17-10(9(6)13)12-15-11-8(16-12)4-3-7(2)14-11/h3-5H,13H2,1-2H3. The van der Waals surface area contributed by atoms with Gasteiger partial charge in [-0.1, -0.05) is 0 Å². The highest BCUT2D eigenvalue weighted by atomic mass is 32.1. The molecule has 0 spiro atoms. The molecular formula is C12H11N3OS. The number of thiophene rings is 1. The summed E-state index contributed by atoms with van der Waals surface area (Å²) in [6.07, 6.45) is 0. The molecule has 17 heavy (non-hydrogen) atoms. The van der Waals surface area contributed by atoms with Gasteiger partial charge in [0, 0.05) is 5.69 Å². The first-order chi connectivity index (χ1) is 8.15. The van der Waals surface area contributed by atoms with Crippen LogP contribution >= 0.6 is 11.3 Å². The van der Waals surface area contributed by atoms with Crippen molar-refractivity contribution in [1.29, 1.82) is 0 Å². The van der Waals surface area contributed by atoms with E-state index in [2.05, 4.69) is 9.97 Å². The van der Waals surface area contributed by atoms with Crippen LogP contribution in [0.25, 0.3) is 22.0 Å². The second kappa shape index (κ2) is 3.56. The van der Waals surface area contributed by atoms with E-state index in [0.29, 0.717) is 17.1 Å². The summed E-state index contributed by atoms with van der Waals surface area (Å²) >= 11 is 1.54. The lowest BCUT2D eigenvalue weighted by atomic mass is 10.3. The number of anilines is 1. The molecule has 5 heteroatoms. The number of nitrogens with zero attached hydrogens (tertiary/aromatic N) is 2. The van der Waals surface area contributed by atoms with Crippen LogP contribution in [0.15, 0.2) is 21.9 Å². The molecule has 0 radical (unpaired) electrons. The zero-order valence-corrected chi connectivity index (χ0v) is 10.3. The van der Waals surface area contributed by atoms with Gasteiger partial charge < -0.3 is 10.2 Å². The Morgan fingerprint density at radius 3 is 2.76 bits per heavy atom. The van der Waals surface area contributed by atoms with Crippen LogP contribution in [0.3, 0.4) is 0 Å². The Kier molecular flexibility index (Phi) is 2.16. The number of nitrogens with two attached hydrogens (primary N) is 1. The van der Waals surface area contributed by atoms with Crippen LogP contribution in [-0.4, -0.2) is 9.97 Å². The second-order valence-electron chi connectivity index (χ2n) is 3.95. The third kappa shape index (κ3) is 1.59. The minimum Gasteiger partial charge on any atom is -0.433 e. The van der Waals surface area contributed by atoms with Crippen LogP contribution < -0.4 is 5.73 Å². The average molecular weight is 245 g/mol. The first-order valence-electron chi connectivity index (χ1n) is 5.23. The van der Waals surface area contributed by atoms with Gasteiger partial charge in [-0.2, -0.15) is 4.98 Å². The normalized spacial score (nSPS) is 11.2. The minimum atomic E-state index is 0.550. The van der Waals surface area contributed by atoms with Crippen LogP contribution in [0.4, 0.5) is 5.69 Å². The molecule has 2 N–H and O–H groups in total. The molecule has 0 saturated carbocycles. The van der Waals surface area contributed by atoms with Gasteiger partial charge in [0.1, 0.15) is 4.88 Å². The van der Waals surface area contributed by atoms with Gasteiger partial charge in [0.15, 0.2) is 11.2 Å². The smallest absolute Gasteiger partial charge is 0.241 e. The van der Waals surface area contributed by atoms with Crippen molar-refractivity contribution in [1.82, 2.24) is 9.97 Å². The highest BCUT2D eigenvalue weighted by Crippen LogP contribution is 2.35. The summed E-state index contributed by atoms with van der Waals surface area (Å²) in [7, 11) is 0. The summed E-state index contributed by atoms with van der Waals surface area (Å²) in [5.41, 5.74) is 10.0. The summed E-state index contributed by atoms with van der Waals surface area (Å²) in [5.74, 6) is 0.550. The molecule has 0 atom stereocenters. The molecule has 3 aromatic rings. The van der Waals surface area contributed by atoms with Crippen LogP contribution in [0.1, 0.15) is 11.3 Å². The molecule has 3 rings (SSSR count). The highest BCUT2D eigenvalue weighted by Gasteiger charge is 2.14. The van der Waals surface area contributed by atoms with E-state index in [9.17, 15) is 0 Å². The van der Waals surface area contributed by atoms with E-state index in [-0.39, 0.29) is 0 Å². The van der Waals surface area contributed by atoms with Crippen LogP contribution in [0.5, 0.6) is 0 Å². The van der Waals surface area contributed by atoms with Gasteiger partial charge >= 0.3 is 0 Å². The van der Waals surface area contributed by atoms with E-state index < -0.39 is 0 Å². The Balaban J connectivity index is 2.21. The lowest BCUT2D eigenvalue weighted by Gasteiger charge is -1.92. The minimum absolute atomic E-state index is 0.550. The molecule has 0 amide bonds. The highest BCUT2D eigenvalue weighted by molar-refractivity contribution is 7.14. The lowest BCUT2D eigenvalue weighted by Crippen LogP contribution is -1.87. The van der Waals surface area contributed by atoms with Crippen molar-refractivity contribution in [2.75, 3.05) is 5.73 Å². The number of hydrogen-bond acceptors (Lipinski definition) is 5. The van der Waals surface area contributed by atoms with E-state index in [1.54, 1.807) is 0 Å². The molecule has 86 valence electrons. The average Bonchev–Trinajstić information content (AvgIpc) is 2.83. The summed E-state index contributed by atoms with van der Waals surface area (Å²) in [5, 5.41) is 2.00. The van der Waals surface area contributed by atoms with Crippen molar-refractivity contribution >= 4 is 28.3 Å². The number of pyridine rings is 1. The van der Waals surface area contributed by atoms with Gasteiger partial charge in [-0.25, -0.2) is 4.98 Å². The van der Waals surface area contributed by atoms with E-state index in [1.165, 1.54) is 11.3 Å². The number of nitrogen functional groups attached to an aromatic ring is 1. The topological polar surface area (TPSA) is 64.9 Å². The summed E-state index contributed by atoms with van der Waals surface area (Å²) in [6, 6.07) is 3.78. The molecule has 4 nitrogen and oxygen atoms in total. The van der Waals surface area contributed by atoms with Gasteiger partial charge in [-0.15, -0.1) is 11.3 Å². The number of oxazole rings is 1. The van der Waals surface area contributed by atoms with Crippen molar-refractivity contribution in [2.24, 2.45) is 0 Å². The third-order valence-corrected chi connectivity index (χ3v) is 3.71. The summed E-state index contributed by atoms with van der Waals surface area (Å²) in [6.45, 7) is 3.90. The number of fused-ring (bicyclic) bond motifs is 1. The molecular weight excluding hydrogens is 234 g/mol. The Bertz CT molecular complexity index is 699. The van der Waals surface area contributed by atoms with E-state index in [4.69, 9.17) is 10.2 Å². The van der Waals surface area contributed by atoms with Crippen molar-refractivity contribution in [2.45, 2.75) is 13.8 Å². The van der Waals surface area contributed by atoms with E-state index in [0.717, 1.165) is 21.8 Å². The maximum absolute atomic E-state index is 5.98. The molecule has 0 fully saturated rings. The Hall–Kier alpha value is -1.88. The fourth-order valence-corrected chi connectivity index (χ4v) is 2.53. The van der Waals surface area contributed by atoms with E-state index >= 15 is 0 Å².